The van der Waals surface area contributed by atoms with Crippen molar-refractivity contribution in [1.29, 1.82) is 0 Å². The fourth-order valence-electron chi connectivity index (χ4n) is 1.22. The fourth-order valence-corrected chi connectivity index (χ4v) is 1.22. The molecule has 2 atom stereocenters. The highest BCUT2D eigenvalue weighted by Gasteiger charge is 2.39. The first-order valence-corrected chi connectivity index (χ1v) is 4.88. The largest absolute Gasteiger partial charge is 0.506 e. The number of ether oxygens (including phenoxy) is 2. The van der Waals surface area contributed by atoms with Crippen LogP contribution < -0.4 is 5.32 Å². The lowest BCUT2D eigenvalue weighted by Gasteiger charge is -2.14. The fraction of sp³-hybridized carbons (Fsp3) is 0.556. The molecule has 1 rings (SSSR count). The first kappa shape index (κ1) is 13.3. The summed E-state index contributed by atoms with van der Waals surface area (Å²) in [5, 5.41) is 29.4. The molecule has 1 aliphatic rings. The van der Waals surface area contributed by atoms with E-state index < -0.39 is 42.3 Å². The standard InChI is InChI=1S/C9H13NO7/c1-2-16-9(15)10-5-6(13)7(4(12)3-11)17-8(5)14/h4,7,11-13H,2-3H2,1H3,(H,10,15). The van der Waals surface area contributed by atoms with Gasteiger partial charge in [-0.2, -0.15) is 0 Å². The highest BCUT2D eigenvalue weighted by Crippen LogP contribution is 2.21. The van der Waals surface area contributed by atoms with Gasteiger partial charge in [-0.3, -0.25) is 5.32 Å². The lowest BCUT2D eigenvalue weighted by Crippen LogP contribution is -2.31. The first-order valence-electron chi connectivity index (χ1n) is 4.88. The van der Waals surface area contributed by atoms with E-state index in [1.165, 1.54) is 0 Å². The molecule has 8 heteroatoms. The monoisotopic (exact) mass is 247 g/mol. The summed E-state index contributed by atoms with van der Waals surface area (Å²) in [6, 6.07) is 0. The van der Waals surface area contributed by atoms with Gasteiger partial charge in [-0.15, -0.1) is 0 Å². The van der Waals surface area contributed by atoms with Crippen molar-refractivity contribution in [3.63, 3.8) is 0 Å². The van der Waals surface area contributed by atoms with Crippen LogP contribution in [0.25, 0.3) is 0 Å². The van der Waals surface area contributed by atoms with E-state index in [0.717, 1.165) is 0 Å². The Balaban J connectivity index is 2.78. The van der Waals surface area contributed by atoms with Crippen molar-refractivity contribution >= 4 is 12.1 Å². The van der Waals surface area contributed by atoms with Crippen LogP contribution in [0.5, 0.6) is 0 Å². The highest BCUT2D eigenvalue weighted by atomic mass is 16.6. The third kappa shape index (κ3) is 2.86. The number of hydrogen-bond donors (Lipinski definition) is 4. The Morgan fingerprint density at radius 2 is 2.29 bits per heavy atom. The number of rotatable bonds is 4. The number of aliphatic hydroxyl groups is 3. The van der Waals surface area contributed by atoms with Crippen LogP contribution >= 0.6 is 0 Å². The van der Waals surface area contributed by atoms with E-state index in [9.17, 15) is 19.8 Å². The minimum atomic E-state index is -1.46. The summed E-state index contributed by atoms with van der Waals surface area (Å²) >= 11 is 0. The number of hydrogen-bond acceptors (Lipinski definition) is 7. The second-order valence-corrected chi connectivity index (χ2v) is 3.18. The molecule has 2 unspecified atom stereocenters. The number of alkyl carbamates (subject to hydrolysis) is 1. The molecule has 1 amide bonds. The number of esters is 1. The minimum absolute atomic E-state index is 0.0949. The van der Waals surface area contributed by atoms with E-state index in [1.807, 2.05) is 5.32 Å². The molecule has 17 heavy (non-hydrogen) atoms. The second kappa shape index (κ2) is 5.51. The van der Waals surface area contributed by atoms with Crippen LogP contribution in [-0.4, -0.2) is 52.8 Å². The van der Waals surface area contributed by atoms with Crippen LogP contribution in [0.4, 0.5) is 4.79 Å². The van der Waals surface area contributed by atoms with Crippen LogP contribution in [-0.2, 0) is 14.3 Å². The molecule has 1 heterocycles. The highest BCUT2D eigenvalue weighted by molar-refractivity contribution is 5.95. The molecule has 1 aliphatic heterocycles. The predicted molar refractivity (Wildman–Crippen MR) is 52.8 cm³/mol. The number of amides is 1. The maximum Gasteiger partial charge on any atom is 0.411 e. The predicted octanol–water partition coefficient (Wildman–Crippen LogP) is -1.22. The third-order valence-corrected chi connectivity index (χ3v) is 2.00. The Morgan fingerprint density at radius 3 is 2.82 bits per heavy atom. The number of aliphatic hydroxyl groups excluding tert-OH is 3. The van der Waals surface area contributed by atoms with Gasteiger partial charge in [-0.1, -0.05) is 0 Å². The molecule has 4 N–H and O–H groups in total. The third-order valence-electron chi connectivity index (χ3n) is 2.00. The smallest absolute Gasteiger partial charge is 0.411 e. The molecular formula is C9H13NO7. The molecule has 0 radical (unpaired) electrons. The van der Waals surface area contributed by atoms with Crippen molar-refractivity contribution in [2.75, 3.05) is 13.2 Å². The Kier molecular flexibility index (Phi) is 4.30. The van der Waals surface area contributed by atoms with Gasteiger partial charge in [0.05, 0.1) is 13.2 Å². The lowest BCUT2D eigenvalue weighted by molar-refractivity contribution is -0.146. The molecule has 0 spiro atoms. The number of cyclic esters (lactones) is 1. The maximum absolute atomic E-state index is 11.3. The van der Waals surface area contributed by atoms with Crippen LogP contribution in [0, 0.1) is 0 Å². The summed E-state index contributed by atoms with van der Waals surface area (Å²) in [5.41, 5.74) is -0.499. The Morgan fingerprint density at radius 1 is 1.65 bits per heavy atom. The van der Waals surface area contributed by atoms with E-state index in [1.54, 1.807) is 6.92 Å². The van der Waals surface area contributed by atoms with Crippen LogP contribution in [0.1, 0.15) is 6.92 Å². The van der Waals surface area contributed by atoms with E-state index in [2.05, 4.69) is 9.47 Å². The van der Waals surface area contributed by atoms with E-state index in [-0.39, 0.29) is 6.61 Å². The molecule has 8 nitrogen and oxygen atoms in total. The molecule has 0 aromatic heterocycles. The number of nitrogens with one attached hydrogen (secondary N) is 1. The lowest BCUT2D eigenvalue weighted by atomic mass is 10.2. The Labute approximate surface area is 96.4 Å². The minimum Gasteiger partial charge on any atom is -0.506 e. The van der Waals surface area contributed by atoms with Crippen molar-refractivity contribution in [3.05, 3.63) is 11.5 Å². The zero-order valence-electron chi connectivity index (χ0n) is 9.04. The average molecular weight is 247 g/mol. The number of carbonyl (C=O) groups is 2. The van der Waals surface area contributed by atoms with Crippen molar-refractivity contribution in [2.24, 2.45) is 0 Å². The van der Waals surface area contributed by atoms with Crippen LogP contribution in [0.15, 0.2) is 11.5 Å². The molecule has 0 fully saturated rings. The van der Waals surface area contributed by atoms with E-state index >= 15 is 0 Å². The summed E-state index contributed by atoms with van der Waals surface area (Å²) < 4.78 is 9.08. The van der Waals surface area contributed by atoms with E-state index in [4.69, 9.17) is 5.11 Å². The first-order chi connectivity index (χ1) is 8.01. The summed E-state index contributed by atoms with van der Waals surface area (Å²) in [6.45, 7) is 0.964. The SMILES string of the molecule is CCOC(=O)NC1=C(O)C(C(O)CO)OC1=O. The molecule has 0 saturated carbocycles. The summed E-state index contributed by atoms with van der Waals surface area (Å²) in [4.78, 5) is 22.3. The number of carbonyl (C=O) groups excluding carboxylic acids is 2. The van der Waals surface area contributed by atoms with Gasteiger partial charge in [0, 0.05) is 0 Å². The molecule has 0 aromatic carbocycles. The Hall–Kier alpha value is -1.80. The quantitative estimate of drug-likeness (QED) is 0.459. The van der Waals surface area contributed by atoms with Gasteiger partial charge in [0.1, 0.15) is 6.10 Å². The van der Waals surface area contributed by atoms with Crippen LogP contribution in [0.3, 0.4) is 0 Å². The van der Waals surface area contributed by atoms with Gasteiger partial charge >= 0.3 is 12.1 Å². The van der Waals surface area contributed by atoms with Gasteiger partial charge in [-0.05, 0) is 6.92 Å². The van der Waals surface area contributed by atoms with Crippen molar-refractivity contribution in [1.82, 2.24) is 5.32 Å². The van der Waals surface area contributed by atoms with Gasteiger partial charge in [0.2, 0.25) is 0 Å². The van der Waals surface area contributed by atoms with Gasteiger partial charge in [-0.25, -0.2) is 9.59 Å². The molecular weight excluding hydrogens is 234 g/mol. The van der Waals surface area contributed by atoms with Gasteiger partial charge < -0.3 is 24.8 Å². The summed E-state index contributed by atoms with van der Waals surface area (Å²) in [7, 11) is 0. The van der Waals surface area contributed by atoms with Crippen LogP contribution in [0.2, 0.25) is 0 Å². The second-order valence-electron chi connectivity index (χ2n) is 3.18. The molecule has 0 saturated heterocycles. The molecule has 0 aliphatic carbocycles. The molecule has 0 bridgehead atoms. The van der Waals surface area contributed by atoms with Crippen molar-refractivity contribution in [2.45, 2.75) is 19.1 Å². The molecule has 96 valence electrons. The Bertz CT molecular complexity index is 351. The van der Waals surface area contributed by atoms with Gasteiger partial charge in [0.25, 0.3) is 0 Å². The summed E-state index contributed by atoms with van der Waals surface area (Å²) in [5.74, 6) is -1.65. The topological polar surface area (TPSA) is 125 Å². The summed E-state index contributed by atoms with van der Waals surface area (Å²) in [6.07, 6.45) is -3.77. The van der Waals surface area contributed by atoms with Crippen molar-refractivity contribution < 1.29 is 34.4 Å². The normalized spacial score (nSPS) is 21.1. The van der Waals surface area contributed by atoms with E-state index in [0.29, 0.717) is 0 Å². The molecule has 0 aromatic rings. The average Bonchev–Trinajstić information content (AvgIpc) is 2.56. The van der Waals surface area contributed by atoms with Gasteiger partial charge in [0.15, 0.2) is 17.6 Å². The maximum atomic E-state index is 11.3. The zero-order chi connectivity index (χ0) is 13.0. The van der Waals surface area contributed by atoms with Crippen molar-refractivity contribution in [3.8, 4) is 0 Å². The zero-order valence-corrected chi connectivity index (χ0v) is 9.04.